The minimum atomic E-state index is 0.319. The predicted octanol–water partition coefficient (Wildman–Crippen LogP) is 4.48. The lowest BCUT2D eigenvalue weighted by Crippen LogP contribution is -1.83. The Kier molecular flexibility index (Phi) is 5.48. The molecule has 2 rings (SSSR count). The molecule has 0 fully saturated rings. The third-order valence-corrected chi connectivity index (χ3v) is 4.91. The second kappa shape index (κ2) is 7.36. The quantitative estimate of drug-likeness (QED) is 0.628. The van der Waals surface area contributed by atoms with Gasteiger partial charge in [-0.05, 0) is 35.4 Å². The lowest BCUT2D eigenvalue weighted by Gasteiger charge is -2.04. The molecule has 0 saturated carbocycles. The molecule has 0 atom stereocenters. The van der Waals surface area contributed by atoms with Gasteiger partial charge in [0.25, 0.3) is 0 Å². The topological polar surface area (TPSA) is 29.5 Å². The molecule has 1 N–H and O–H groups in total. The van der Waals surface area contributed by atoms with Crippen LogP contribution in [-0.2, 0) is 11.5 Å². The van der Waals surface area contributed by atoms with Crippen molar-refractivity contribution in [2.75, 3.05) is 7.11 Å². The van der Waals surface area contributed by atoms with E-state index < -0.39 is 0 Å². The van der Waals surface area contributed by atoms with Crippen molar-refractivity contribution in [1.82, 2.24) is 0 Å². The molecule has 0 saturated heterocycles. The zero-order valence-corrected chi connectivity index (χ0v) is 12.3. The molecule has 100 valence electrons. The Morgan fingerprint density at radius 3 is 1.79 bits per heavy atom. The molecule has 0 aliphatic heterocycles. The van der Waals surface area contributed by atoms with Gasteiger partial charge in [0.2, 0.25) is 0 Å². The summed E-state index contributed by atoms with van der Waals surface area (Å²) in [5.41, 5.74) is 2.52. The maximum atomic E-state index is 9.20. The Labute approximate surface area is 121 Å². The van der Waals surface area contributed by atoms with E-state index in [4.69, 9.17) is 4.74 Å². The number of aromatic hydroxyl groups is 1. The van der Waals surface area contributed by atoms with Crippen molar-refractivity contribution in [2.45, 2.75) is 11.5 Å². The zero-order valence-electron chi connectivity index (χ0n) is 10.7. The average molecular weight is 292 g/mol. The van der Waals surface area contributed by atoms with E-state index in [1.165, 1.54) is 11.1 Å². The molecule has 0 amide bonds. The Hall–Kier alpha value is -1.26. The molecule has 0 aromatic heterocycles. The van der Waals surface area contributed by atoms with Crippen molar-refractivity contribution in [3.05, 3.63) is 59.7 Å². The van der Waals surface area contributed by atoms with Crippen LogP contribution in [0.15, 0.2) is 48.5 Å². The molecule has 0 aliphatic carbocycles. The van der Waals surface area contributed by atoms with Gasteiger partial charge in [-0.15, -0.1) is 0 Å². The van der Waals surface area contributed by atoms with Crippen molar-refractivity contribution in [1.29, 1.82) is 0 Å². The summed E-state index contributed by atoms with van der Waals surface area (Å²) >= 11 is 0. The summed E-state index contributed by atoms with van der Waals surface area (Å²) in [4.78, 5) is 0. The fraction of sp³-hybridized carbons (Fsp3) is 0.200. The standard InChI is InChI=1S/C15H16O2S2/c1-17-15-8-4-13(5-9-15)11-19-18-10-12-2-6-14(16)7-3-12/h2-9,16H,10-11H2,1H3. The van der Waals surface area contributed by atoms with Crippen molar-refractivity contribution in [2.24, 2.45) is 0 Å². The molecule has 0 heterocycles. The third kappa shape index (κ3) is 4.73. The van der Waals surface area contributed by atoms with Gasteiger partial charge in [0.1, 0.15) is 11.5 Å². The molecule has 2 aromatic rings. The van der Waals surface area contributed by atoms with Gasteiger partial charge in [0.15, 0.2) is 0 Å². The van der Waals surface area contributed by atoms with Crippen LogP contribution in [0.2, 0.25) is 0 Å². The van der Waals surface area contributed by atoms with Crippen LogP contribution < -0.4 is 4.74 Å². The lowest BCUT2D eigenvalue weighted by atomic mass is 10.2. The summed E-state index contributed by atoms with van der Waals surface area (Å²) in [5, 5.41) is 9.20. The van der Waals surface area contributed by atoms with Crippen LogP contribution in [0.3, 0.4) is 0 Å². The highest BCUT2D eigenvalue weighted by Crippen LogP contribution is 2.30. The smallest absolute Gasteiger partial charge is 0.118 e. The molecule has 0 bridgehead atoms. The third-order valence-electron chi connectivity index (χ3n) is 2.63. The van der Waals surface area contributed by atoms with E-state index in [0.29, 0.717) is 5.75 Å². The second-order valence-electron chi connectivity index (χ2n) is 4.04. The minimum absolute atomic E-state index is 0.319. The Balaban J connectivity index is 1.72. The summed E-state index contributed by atoms with van der Waals surface area (Å²) in [6.07, 6.45) is 0. The monoisotopic (exact) mass is 292 g/mol. The molecule has 0 aliphatic rings. The first kappa shape index (κ1) is 14.2. The number of phenols is 1. The summed E-state index contributed by atoms with van der Waals surface area (Å²) in [7, 11) is 5.33. The molecule has 0 unspecified atom stereocenters. The largest absolute Gasteiger partial charge is 0.508 e. The van der Waals surface area contributed by atoms with Gasteiger partial charge in [0.05, 0.1) is 7.11 Å². The summed E-state index contributed by atoms with van der Waals surface area (Å²) < 4.78 is 5.13. The van der Waals surface area contributed by atoms with E-state index in [0.717, 1.165) is 17.3 Å². The van der Waals surface area contributed by atoms with Crippen molar-refractivity contribution >= 4 is 21.6 Å². The summed E-state index contributed by atoms with van der Waals surface area (Å²) in [5.74, 6) is 3.14. The molecule has 2 nitrogen and oxygen atoms in total. The van der Waals surface area contributed by atoms with Crippen LogP contribution in [0.25, 0.3) is 0 Å². The molecule has 0 radical (unpaired) electrons. The van der Waals surface area contributed by atoms with E-state index in [1.54, 1.807) is 19.2 Å². The van der Waals surface area contributed by atoms with Crippen LogP contribution >= 0.6 is 21.6 Å². The number of hydrogen-bond acceptors (Lipinski definition) is 4. The van der Waals surface area contributed by atoms with Gasteiger partial charge in [-0.1, -0.05) is 45.9 Å². The summed E-state index contributed by atoms with van der Waals surface area (Å²) in [6.45, 7) is 0. The first-order valence-corrected chi connectivity index (χ1v) is 8.42. The van der Waals surface area contributed by atoms with Crippen LogP contribution in [0.1, 0.15) is 11.1 Å². The Morgan fingerprint density at radius 1 is 0.842 bits per heavy atom. The number of phenolic OH excluding ortho intramolecular Hbond substituents is 1. The highest BCUT2D eigenvalue weighted by molar-refractivity contribution is 8.76. The van der Waals surface area contributed by atoms with E-state index in [-0.39, 0.29) is 0 Å². The minimum Gasteiger partial charge on any atom is -0.508 e. The normalized spacial score (nSPS) is 10.4. The van der Waals surface area contributed by atoms with Crippen LogP contribution in [0.5, 0.6) is 11.5 Å². The number of benzene rings is 2. The molecular formula is C15H16O2S2. The Morgan fingerprint density at radius 2 is 1.32 bits per heavy atom. The SMILES string of the molecule is COc1ccc(CSSCc2ccc(O)cc2)cc1. The molecule has 2 aromatic carbocycles. The van der Waals surface area contributed by atoms with E-state index >= 15 is 0 Å². The van der Waals surface area contributed by atoms with Crippen LogP contribution in [-0.4, -0.2) is 12.2 Å². The van der Waals surface area contributed by atoms with E-state index in [9.17, 15) is 5.11 Å². The van der Waals surface area contributed by atoms with E-state index in [1.807, 2.05) is 45.9 Å². The number of hydrogen-bond donors (Lipinski definition) is 1. The van der Waals surface area contributed by atoms with Gasteiger partial charge >= 0.3 is 0 Å². The average Bonchev–Trinajstić information content (AvgIpc) is 2.46. The van der Waals surface area contributed by atoms with Crippen molar-refractivity contribution in [3.63, 3.8) is 0 Å². The van der Waals surface area contributed by atoms with Gasteiger partial charge in [-0.25, -0.2) is 0 Å². The Bertz CT molecular complexity index is 495. The first-order chi connectivity index (χ1) is 9.28. The van der Waals surface area contributed by atoms with Crippen molar-refractivity contribution in [3.8, 4) is 11.5 Å². The zero-order chi connectivity index (χ0) is 13.5. The number of rotatable bonds is 6. The van der Waals surface area contributed by atoms with Crippen molar-refractivity contribution < 1.29 is 9.84 Å². The van der Waals surface area contributed by atoms with Crippen LogP contribution in [0.4, 0.5) is 0 Å². The molecule has 0 spiro atoms. The predicted molar refractivity (Wildman–Crippen MR) is 83.7 cm³/mol. The van der Waals surface area contributed by atoms with Crippen LogP contribution in [0, 0.1) is 0 Å². The van der Waals surface area contributed by atoms with Gasteiger partial charge in [-0.2, -0.15) is 0 Å². The highest BCUT2D eigenvalue weighted by atomic mass is 33.1. The molecular weight excluding hydrogens is 276 g/mol. The lowest BCUT2D eigenvalue weighted by molar-refractivity contribution is 0.414. The maximum absolute atomic E-state index is 9.20. The molecule has 19 heavy (non-hydrogen) atoms. The maximum Gasteiger partial charge on any atom is 0.118 e. The van der Waals surface area contributed by atoms with Gasteiger partial charge < -0.3 is 9.84 Å². The molecule has 4 heteroatoms. The van der Waals surface area contributed by atoms with Gasteiger partial charge in [-0.3, -0.25) is 0 Å². The highest BCUT2D eigenvalue weighted by Gasteiger charge is 1.98. The number of ether oxygens (including phenoxy) is 1. The first-order valence-electron chi connectivity index (χ1n) is 5.93. The summed E-state index contributed by atoms with van der Waals surface area (Å²) in [6, 6.07) is 15.5. The fourth-order valence-corrected chi connectivity index (χ4v) is 3.67. The van der Waals surface area contributed by atoms with E-state index in [2.05, 4.69) is 12.1 Å². The second-order valence-corrected chi connectivity index (χ2v) is 6.50. The number of methoxy groups -OCH3 is 1. The van der Waals surface area contributed by atoms with Gasteiger partial charge in [0, 0.05) is 11.5 Å². The fourth-order valence-electron chi connectivity index (χ4n) is 1.53.